The lowest BCUT2D eigenvalue weighted by Crippen LogP contribution is -2.40. The number of carbonyl (C=O) groups is 1. The lowest BCUT2D eigenvalue weighted by atomic mass is 9.81. The summed E-state index contributed by atoms with van der Waals surface area (Å²) < 4.78 is 31.4. The number of benzene rings is 1. The summed E-state index contributed by atoms with van der Waals surface area (Å²) >= 11 is 5.70. The van der Waals surface area contributed by atoms with Crippen LogP contribution in [0.5, 0.6) is 5.75 Å². The predicted octanol–water partition coefficient (Wildman–Crippen LogP) is 1.97. The van der Waals surface area contributed by atoms with Crippen LogP contribution < -0.4 is 15.8 Å². The number of fused-ring (bicyclic) bond motifs is 1. The van der Waals surface area contributed by atoms with Crippen LogP contribution in [0.3, 0.4) is 0 Å². The number of rotatable bonds is 7. The normalized spacial score (nSPS) is 20.9. The summed E-state index contributed by atoms with van der Waals surface area (Å²) in [7, 11) is -3.14. The smallest absolute Gasteiger partial charge is 0.250 e. The molecule has 1 aromatic carbocycles. The minimum Gasteiger partial charge on any atom is -0.492 e. The van der Waals surface area contributed by atoms with Crippen LogP contribution in [0.25, 0.3) is 0 Å². The number of amides is 1. The number of hydrogen-bond donors (Lipinski definition) is 2. The Kier molecular flexibility index (Phi) is 6.18. The number of anilines is 1. The second kappa shape index (κ2) is 8.24. The summed E-state index contributed by atoms with van der Waals surface area (Å²) in [6.45, 7) is 3.81. The van der Waals surface area contributed by atoms with Gasteiger partial charge in [-0.05, 0) is 43.4 Å². The van der Waals surface area contributed by atoms with Gasteiger partial charge in [-0.25, -0.2) is 12.7 Å². The molecule has 0 bridgehead atoms. The highest BCUT2D eigenvalue weighted by Crippen LogP contribution is 2.44. The molecule has 0 saturated carbocycles. The van der Waals surface area contributed by atoms with Crippen LogP contribution in [0.1, 0.15) is 41.6 Å². The van der Waals surface area contributed by atoms with E-state index >= 15 is 0 Å². The molecule has 150 valence electrons. The predicted molar refractivity (Wildman–Crippen MR) is 106 cm³/mol. The first kappa shape index (κ1) is 20.2. The van der Waals surface area contributed by atoms with Crippen molar-refractivity contribution in [1.82, 2.24) is 4.31 Å². The van der Waals surface area contributed by atoms with Gasteiger partial charge in [-0.1, -0.05) is 0 Å². The molecule has 2 aliphatic rings. The summed E-state index contributed by atoms with van der Waals surface area (Å²) in [6, 6.07) is 3.60. The fourth-order valence-electron chi connectivity index (χ4n) is 4.04. The molecule has 27 heavy (non-hydrogen) atoms. The summed E-state index contributed by atoms with van der Waals surface area (Å²) in [4.78, 5) is 11.9. The van der Waals surface area contributed by atoms with Gasteiger partial charge in [-0.3, -0.25) is 4.79 Å². The molecule has 3 rings (SSSR count). The summed E-state index contributed by atoms with van der Waals surface area (Å²) in [5, 5.41) is 3.32. The molecule has 1 saturated heterocycles. The van der Waals surface area contributed by atoms with E-state index in [2.05, 4.69) is 5.32 Å². The highest BCUT2D eigenvalue weighted by atomic mass is 35.5. The van der Waals surface area contributed by atoms with Gasteiger partial charge in [-0.15, -0.1) is 11.6 Å². The number of nitrogens with two attached hydrogens (primary N) is 1. The van der Waals surface area contributed by atoms with Crippen LogP contribution in [0.2, 0.25) is 0 Å². The molecule has 1 atom stereocenters. The van der Waals surface area contributed by atoms with E-state index in [1.165, 1.54) is 0 Å². The Morgan fingerprint density at radius 2 is 2.07 bits per heavy atom. The molecule has 1 aromatic rings. The zero-order chi connectivity index (χ0) is 19.6. The van der Waals surface area contributed by atoms with Gasteiger partial charge in [0.1, 0.15) is 12.4 Å². The van der Waals surface area contributed by atoms with Crippen LogP contribution >= 0.6 is 11.6 Å². The number of primary amides is 1. The maximum absolute atomic E-state index is 12.1. The number of sulfonamides is 1. The molecular formula is C18H26ClN3O4S. The number of carbonyl (C=O) groups excluding carboxylic acids is 1. The van der Waals surface area contributed by atoms with Crippen molar-refractivity contribution in [2.24, 2.45) is 11.7 Å². The minimum atomic E-state index is -3.14. The molecular weight excluding hydrogens is 390 g/mol. The van der Waals surface area contributed by atoms with Crippen molar-refractivity contribution in [3.63, 3.8) is 0 Å². The van der Waals surface area contributed by atoms with Crippen LogP contribution in [-0.4, -0.2) is 56.5 Å². The van der Waals surface area contributed by atoms with E-state index < -0.39 is 15.9 Å². The molecule has 9 heteroatoms. The average Bonchev–Trinajstić information content (AvgIpc) is 3.09. The zero-order valence-corrected chi connectivity index (χ0v) is 17.0. The first-order valence-corrected chi connectivity index (χ1v) is 11.4. The van der Waals surface area contributed by atoms with Crippen LogP contribution in [0.4, 0.5) is 5.69 Å². The van der Waals surface area contributed by atoms with Gasteiger partial charge in [0.2, 0.25) is 10.0 Å². The molecule has 1 amide bonds. The number of ether oxygens (including phenoxy) is 1. The van der Waals surface area contributed by atoms with Crippen molar-refractivity contribution in [1.29, 1.82) is 0 Å². The van der Waals surface area contributed by atoms with Gasteiger partial charge >= 0.3 is 0 Å². The molecule has 0 radical (unpaired) electrons. The molecule has 7 nitrogen and oxygen atoms in total. The van der Waals surface area contributed by atoms with Crippen LogP contribution in [0, 0.1) is 5.92 Å². The lowest BCUT2D eigenvalue weighted by Gasteiger charge is -2.34. The maximum atomic E-state index is 12.1. The van der Waals surface area contributed by atoms with E-state index in [1.54, 1.807) is 17.3 Å². The van der Waals surface area contributed by atoms with Gasteiger partial charge in [0.05, 0.1) is 22.9 Å². The first-order chi connectivity index (χ1) is 12.9. The highest BCUT2D eigenvalue weighted by molar-refractivity contribution is 7.89. The Hall–Kier alpha value is -1.51. The third-order valence-corrected chi connectivity index (χ3v) is 7.51. The number of nitrogens with one attached hydrogen (secondary N) is 1. The topological polar surface area (TPSA) is 102 Å². The van der Waals surface area contributed by atoms with E-state index in [0.29, 0.717) is 49.4 Å². The molecule has 2 aliphatic heterocycles. The highest BCUT2D eigenvalue weighted by Gasteiger charge is 2.36. The molecule has 0 spiro atoms. The molecule has 3 N–H and O–H groups in total. The van der Waals surface area contributed by atoms with Crippen molar-refractivity contribution >= 4 is 33.2 Å². The van der Waals surface area contributed by atoms with Crippen molar-refractivity contribution in [3.8, 4) is 5.75 Å². The zero-order valence-electron chi connectivity index (χ0n) is 15.4. The lowest BCUT2D eigenvalue weighted by molar-refractivity contribution is 0.100. The first-order valence-electron chi connectivity index (χ1n) is 9.25. The van der Waals surface area contributed by atoms with E-state index in [9.17, 15) is 13.2 Å². The van der Waals surface area contributed by atoms with Gasteiger partial charge in [0.15, 0.2) is 0 Å². The van der Waals surface area contributed by atoms with E-state index in [4.69, 9.17) is 22.1 Å². The Bertz CT molecular complexity index is 807. The quantitative estimate of drug-likeness (QED) is 0.663. The molecule has 2 heterocycles. The number of hydrogen-bond acceptors (Lipinski definition) is 5. The van der Waals surface area contributed by atoms with Gasteiger partial charge in [-0.2, -0.15) is 0 Å². The fraction of sp³-hybridized carbons (Fsp3) is 0.611. The van der Waals surface area contributed by atoms with E-state index in [1.807, 2.05) is 6.07 Å². The van der Waals surface area contributed by atoms with Crippen LogP contribution in [-0.2, 0) is 10.0 Å². The Labute approximate surface area is 165 Å². The Morgan fingerprint density at radius 3 is 2.67 bits per heavy atom. The van der Waals surface area contributed by atoms with Gasteiger partial charge < -0.3 is 15.8 Å². The second-order valence-corrected chi connectivity index (χ2v) is 9.60. The standard InChI is InChI=1S/C18H26ClN3O4S/c1-2-27(24,25)22-6-3-12(4-7-22)16-11-21-17-14(16)9-13(26-8-5-19)10-15(17)18(20)23/h9-10,12,16,21H,2-8,11H2,1H3,(H2,20,23). The molecule has 1 fully saturated rings. The molecule has 1 unspecified atom stereocenters. The third-order valence-electron chi connectivity index (χ3n) is 5.48. The third kappa shape index (κ3) is 4.17. The van der Waals surface area contributed by atoms with Crippen molar-refractivity contribution in [2.45, 2.75) is 25.7 Å². The molecule has 0 aromatic heterocycles. The van der Waals surface area contributed by atoms with Gasteiger partial charge in [0.25, 0.3) is 5.91 Å². The number of halogens is 1. The average molecular weight is 416 g/mol. The SMILES string of the molecule is CCS(=O)(=O)N1CCC(C2CNc3c(C(N)=O)cc(OCCCl)cc32)CC1. The van der Waals surface area contributed by atoms with Crippen molar-refractivity contribution in [2.75, 3.05) is 43.2 Å². The van der Waals surface area contributed by atoms with Gasteiger partial charge in [0, 0.05) is 25.6 Å². The minimum absolute atomic E-state index is 0.134. The monoisotopic (exact) mass is 415 g/mol. The fourth-order valence-corrected chi connectivity index (χ4v) is 5.25. The van der Waals surface area contributed by atoms with Crippen LogP contribution in [0.15, 0.2) is 12.1 Å². The number of nitrogens with zero attached hydrogens (tertiary/aromatic N) is 1. The summed E-state index contributed by atoms with van der Waals surface area (Å²) in [5.74, 6) is 1.11. The van der Waals surface area contributed by atoms with Crippen molar-refractivity contribution < 1.29 is 17.9 Å². The largest absolute Gasteiger partial charge is 0.492 e. The Morgan fingerprint density at radius 1 is 1.37 bits per heavy atom. The number of piperidine rings is 1. The second-order valence-electron chi connectivity index (χ2n) is 6.96. The molecule has 0 aliphatic carbocycles. The van der Waals surface area contributed by atoms with E-state index in [0.717, 1.165) is 24.1 Å². The Balaban J connectivity index is 1.82. The summed E-state index contributed by atoms with van der Waals surface area (Å²) in [6.07, 6.45) is 1.59. The van der Waals surface area contributed by atoms with Crippen molar-refractivity contribution in [3.05, 3.63) is 23.3 Å². The van der Waals surface area contributed by atoms with E-state index in [-0.39, 0.29) is 11.7 Å². The maximum Gasteiger partial charge on any atom is 0.250 e. The number of alkyl halides is 1. The summed E-state index contributed by atoms with van der Waals surface area (Å²) in [5.41, 5.74) is 7.77.